The first-order valence-electron chi connectivity index (χ1n) is 1.85. The Morgan fingerprint density at radius 2 is 2.25 bits per heavy atom. The van der Waals surface area contributed by atoms with Gasteiger partial charge in [0.1, 0.15) is 0 Å². The third kappa shape index (κ3) is 2.95. The van der Waals surface area contributed by atoms with Crippen LogP contribution < -0.4 is 16.4 Å². The summed E-state index contributed by atoms with van der Waals surface area (Å²) >= 11 is 0. The van der Waals surface area contributed by atoms with Crippen molar-refractivity contribution in [3.8, 4) is 0 Å². The molecule has 0 saturated carbocycles. The molecule has 0 fully saturated rings. The van der Waals surface area contributed by atoms with Crippen LogP contribution in [0.2, 0.25) is 0 Å². The number of hydrogen-bond acceptors (Lipinski definition) is 2. The molecule has 5 nitrogen and oxygen atoms in total. The highest BCUT2D eigenvalue weighted by Crippen LogP contribution is 1.56. The van der Waals surface area contributed by atoms with E-state index in [-0.39, 0.29) is 0 Å². The molecule has 1 radical (unpaired) electrons. The summed E-state index contributed by atoms with van der Waals surface area (Å²) in [5, 5.41) is 10.4. The highest BCUT2D eigenvalue weighted by atomic mass is 16.2. The number of guanidine groups is 1. The maximum atomic E-state index is 10.1. The fourth-order valence-electron chi connectivity index (χ4n) is 0.167. The molecule has 2 amide bonds. The summed E-state index contributed by atoms with van der Waals surface area (Å²) in [5.74, 6) is -0.397. The second kappa shape index (κ2) is 2.84. The fourth-order valence-corrected chi connectivity index (χ4v) is 0.167. The molecule has 0 aliphatic rings. The van der Waals surface area contributed by atoms with Crippen LogP contribution in [-0.4, -0.2) is 12.0 Å². The van der Waals surface area contributed by atoms with Crippen molar-refractivity contribution < 1.29 is 4.79 Å². The van der Waals surface area contributed by atoms with Gasteiger partial charge in [0.15, 0.2) is 5.96 Å². The van der Waals surface area contributed by atoms with Gasteiger partial charge in [-0.2, -0.15) is 0 Å². The second-order valence-electron chi connectivity index (χ2n) is 1.04. The molecular formula is C3H7N4O. The lowest BCUT2D eigenvalue weighted by Gasteiger charge is -1.97. The first kappa shape index (κ1) is 6.74. The molecule has 0 spiro atoms. The van der Waals surface area contributed by atoms with Gasteiger partial charge < -0.3 is 11.1 Å². The standard InChI is InChI=1S/C3H7N4O/c1-6-3(8)7-2(4)5/h1H2,(H5,4,5,6,7,8). The first-order valence-corrected chi connectivity index (χ1v) is 1.85. The molecule has 0 unspecified atom stereocenters. The molecule has 8 heavy (non-hydrogen) atoms. The van der Waals surface area contributed by atoms with Gasteiger partial charge >= 0.3 is 6.03 Å². The highest BCUT2D eigenvalue weighted by Gasteiger charge is 1.93. The zero-order chi connectivity index (χ0) is 6.57. The van der Waals surface area contributed by atoms with Crippen LogP contribution in [0, 0.1) is 12.5 Å². The van der Waals surface area contributed by atoms with Gasteiger partial charge in [-0.15, -0.1) is 0 Å². The van der Waals surface area contributed by atoms with E-state index in [1.165, 1.54) is 0 Å². The lowest BCUT2D eigenvalue weighted by atomic mass is 10.9. The van der Waals surface area contributed by atoms with E-state index in [0.717, 1.165) is 0 Å². The molecule has 45 valence electrons. The van der Waals surface area contributed by atoms with E-state index in [1.807, 2.05) is 10.6 Å². The third-order valence-electron chi connectivity index (χ3n) is 0.409. The summed E-state index contributed by atoms with van der Waals surface area (Å²) in [6.07, 6.45) is 0. The average molecular weight is 115 g/mol. The third-order valence-corrected chi connectivity index (χ3v) is 0.409. The Kier molecular flexibility index (Phi) is 2.39. The molecule has 0 aliphatic heterocycles. The predicted molar refractivity (Wildman–Crippen MR) is 28.9 cm³/mol. The molecule has 5 heteroatoms. The number of rotatable bonds is 0. The van der Waals surface area contributed by atoms with Crippen molar-refractivity contribution in [2.24, 2.45) is 5.73 Å². The van der Waals surface area contributed by atoms with Crippen molar-refractivity contribution >= 4 is 12.0 Å². The van der Waals surface area contributed by atoms with Crippen LogP contribution in [0.25, 0.3) is 0 Å². The first-order chi connectivity index (χ1) is 3.66. The number of carbonyl (C=O) groups excluding carboxylic acids is 1. The van der Waals surface area contributed by atoms with E-state index >= 15 is 0 Å². The number of hydrogen-bond donors (Lipinski definition) is 4. The maximum Gasteiger partial charge on any atom is 0.321 e. The van der Waals surface area contributed by atoms with Crippen LogP contribution in [0.1, 0.15) is 0 Å². The smallest absolute Gasteiger partial charge is 0.321 e. The second-order valence-corrected chi connectivity index (χ2v) is 1.04. The van der Waals surface area contributed by atoms with Crippen molar-refractivity contribution in [1.29, 1.82) is 5.41 Å². The molecule has 0 heterocycles. The summed E-state index contributed by atoms with van der Waals surface area (Å²) in [7, 11) is 3.02. The summed E-state index contributed by atoms with van der Waals surface area (Å²) in [5.41, 5.74) is 4.75. The SMILES string of the molecule is [CH2]NC(=O)NC(=N)N. The Balaban J connectivity index is 3.40. The zero-order valence-corrected chi connectivity index (χ0v) is 4.19. The van der Waals surface area contributed by atoms with Crippen LogP contribution in [0.15, 0.2) is 0 Å². The Bertz CT molecular complexity index is 110. The minimum atomic E-state index is -0.586. The van der Waals surface area contributed by atoms with Crippen LogP contribution in [0.4, 0.5) is 4.79 Å². The lowest BCUT2D eigenvalue weighted by Crippen LogP contribution is -2.40. The molecule has 0 saturated heterocycles. The summed E-state index contributed by atoms with van der Waals surface area (Å²) < 4.78 is 0. The molecule has 5 N–H and O–H groups in total. The van der Waals surface area contributed by atoms with Crippen molar-refractivity contribution in [1.82, 2.24) is 10.6 Å². The van der Waals surface area contributed by atoms with Gasteiger partial charge in [-0.25, -0.2) is 4.79 Å². The fraction of sp³-hybridized carbons (Fsp3) is 0. The monoisotopic (exact) mass is 115 g/mol. The normalized spacial score (nSPS) is 7.62. The Morgan fingerprint density at radius 1 is 1.75 bits per heavy atom. The zero-order valence-electron chi connectivity index (χ0n) is 4.19. The molecule has 0 aromatic carbocycles. The number of nitrogens with two attached hydrogens (primary N) is 1. The summed E-state index contributed by atoms with van der Waals surface area (Å²) in [6, 6.07) is -0.586. The predicted octanol–water partition coefficient (Wildman–Crippen LogP) is -1.03. The molecule has 0 bridgehead atoms. The number of nitrogens with one attached hydrogen (secondary N) is 3. The van der Waals surface area contributed by atoms with E-state index in [9.17, 15) is 4.79 Å². The van der Waals surface area contributed by atoms with Crippen LogP contribution >= 0.6 is 0 Å². The van der Waals surface area contributed by atoms with Crippen molar-refractivity contribution in [2.45, 2.75) is 0 Å². The van der Waals surface area contributed by atoms with E-state index in [1.54, 1.807) is 0 Å². The molecule has 0 aliphatic carbocycles. The highest BCUT2D eigenvalue weighted by molar-refractivity contribution is 5.93. The summed E-state index contributed by atoms with van der Waals surface area (Å²) in [6.45, 7) is 0. The summed E-state index contributed by atoms with van der Waals surface area (Å²) in [4.78, 5) is 10.1. The molecule has 0 aromatic rings. The Morgan fingerprint density at radius 3 is 2.38 bits per heavy atom. The minimum absolute atomic E-state index is 0.397. The van der Waals surface area contributed by atoms with E-state index in [2.05, 4.69) is 7.05 Å². The van der Waals surface area contributed by atoms with Gasteiger partial charge in [0.2, 0.25) is 0 Å². The van der Waals surface area contributed by atoms with E-state index in [4.69, 9.17) is 11.1 Å². The number of amides is 2. The van der Waals surface area contributed by atoms with Gasteiger partial charge in [0.05, 0.1) is 0 Å². The van der Waals surface area contributed by atoms with Crippen molar-refractivity contribution in [3.63, 3.8) is 0 Å². The van der Waals surface area contributed by atoms with Gasteiger partial charge in [-0.1, -0.05) is 0 Å². The quantitative estimate of drug-likeness (QED) is 0.240. The Labute approximate surface area is 46.8 Å². The van der Waals surface area contributed by atoms with Crippen LogP contribution in [0.3, 0.4) is 0 Å². The van der Waals surface area contributed by atoms with E-state index in [0.29, 0.717) is 0 Å². The lowest BCUT2D eigenvalue weighted by molar-refractivity contribution is 0.248. The van der Waals surface area contributed by atoms with Crippen LogP contribution in [0.5, 0.6) is 0 Å². The molecule has 0 rings (SSSR count). The van der Waals surface area contributed by atoms with Crippen molar-refractivity contribution in [3.05, 3.63) is 7.05 Å². The topological polar surface area (TPSA) is 91.0 Å². The van der Waals surface area contributed by atoms with Gasteiger partial charge in [0.25, 0.3) is 0 Å². The largest absolute Gasteiger partial charge is 0.370 e. The molecule has 0 atom stereocenters. The van der Waals surface area contributed by atoms with Crippen LogP contribution in [-0.2, 0) is 0 Å². The average Bonchev–Trinajstić information content (AvgIpc) is 1.65. The molecular weight excluding hydrogens is 108 g/mol. The number of urea groups is 1. The van der Waals surface area contributed by atoms with E-state index < -0.39 is 12.0 Å². The van der Waals surface area contributed by atoms with Gasteiger partial charge in [0, 0.05) is 7.05 Å². The molecule has 0 aromatic heterocycles. The van der Waals surface area contributed by atoms with Crippen molar-refractivity contribution in [2.75, 3.05) is 0 Å². The minimum Gasteiger partial charge on any atom is -0.370 e. The Hall–Kier alpha value is -1.26. The van der Waals surface area contributed by atoms with Gasteiger partial charge in [-0.3, -0.25) is 10.7 Å². The van der Waals surface area contributed by atoms with Gasteiger partial charge in [-0.05, 0) is 0 Å². The maximum absolute atomic E-state index is 10.1. The number of carbonyl (C=O) groups is 1.